The lowest BCUT2D eigenvalue weighted by Gasteiger charge is -2.10. The van der Waals surface area contributed by atoms with Crippen LogP contribution in [-0.4, -0.2) is 0 Å². The SMILES string of the molecule is CCCCCCCCCCCCC1=C(OC2=CC=CC2)CC=C1. The van der Waals surface area contributed by atoms with Crippen LogP contribution in [0.2, 0.25) is 0 Å². The molecule has 2 aliphatic rings. The number of rotatable bonds is 13. The summed E-state index contributed by atoms with van der Waals surface area (Å²) < 4.78 is 6.04. The van der Waals surface area contributed by atoms with Crippen LogP contribution < -0.4 is 0 Å². The number of unbranched alkanes of at least 4 members (excludes halogenated alkanes) is 9. The summed E-state index contributed by atoms with van der Waals surface area (Å²) in [6, 6.07) is 0. The number of hydrogen-bond donors (Lipinski definition) is 0. The molecule has 0 aromatic carbocycles. The van der Waals surface area contributed by atoms with Crippen LogP contribution in [0.1, 0.15) is 90.4 Å². The van der Waals surface area contributed by atoms with Crippen molar-refractivity contribution in [2.24, 2.45) is 0 Å². The highest BCUT2D eigenvalue weighted by Crippen LogP contribution is 2.28. The molecule has 23 heavy (non-hydrogen) atoms. The van der Waals surface area contributed by atoms with Gasteiger partial charge in [-0.3, -0.25) is 0 Å². The van der Waals surface area contributed by atoms with Crippen molar-refractivity contribution >= 4 is 0 Å². The van der Waals surface area contributed by atoms with Crippen LogP contribution in [0.25, 0.3) is 0 Å². The van der Waals surface area contributed by atoms with Gasteiger partial charge in [0.05, 0.1) is 0 Å². The lowest BCUT2D eigenvalue weighted by Crippen LogP contribution is -1.93. The molecule has 0 aromatic rings. The second-order valence-corrected chi connectivity index (χ2v) is 6.85. The van der Waals surface area contributed by atoms with Crippen molar-refractivity contribution in [2.75, 3.05) is 0 Å². The zero-order valence-corrected chi connectivity index (χ0v) is 15.0. The zero-order valence-electron chi connectivity index (χ0n) is 15.0. The maximum atomic E-state index is 6.04. The predicted molar refractivity (Wildman–Crippen MR) is 100 cm³/mol. The van der Waals surface area contributed by atoms with E-state index in [0.717, 1.165) is 18.6 Å². The highest BCUT2D eigenvalue weighted by molar-refractivity contribution is 5.32. The van der Waals surface area contributed by atoms with Gasteiger partial charge in [0.2, 0.25) is 0 Å². The minimum absolute atomic E-state index is 0.953. The minimum atomic E-state index is 0.953. The molecule has 0 heterocycles. The zero-order chi connectivity index (χ0) is 16.2. The van der Waals surface area contributed by atoms with Crippen molar-refractivity contribution in [3.05, 3.63) is 47.5 Å². The van der Waals surface area contributed by atoms with Crippen LogP contribution in [0.3, 0.4) is 0 Å². The van der Waals surface area contributed by atoms with Crippen molar-refractivity contribution in [3.63, 3.8) is 0 Å². The van der Waals surface area contributed by atoms with E-state index in [-0.39, 0.29) is 0 Å². The Hall–Kier alpha value is -1.24. The molecule has 0 fully saturated rings. The Morgan fingerprint density at radius 2 is 1.52 bits per heavy atom. The van der Waals surface area contributed by atoms with Crippen molar-refractivity contribution in [3.8, 4) is 0 Å². The second kappa shape index (κ2) is 11.3. The van der Waals surface area contributed by atoms with Crippen LogP contribution in [0.15, 0.2) is 47.5 Å². The van der Waals surface area contributed by atoms with Crippen LogP contribution in [0.5, 0.6) is 0 Å². The first-order valence-corrected chi connectivity index (χ1v) is 9.82. The molecular weight excluding hydrogens is 280 g/mol. The molecule has 2 rings (SSSR count). The Bertz CT molecular complexity index is 451. The van der Waals surface area contributed by atoms with E-state index < -0.39 is 0 Å². The van der Waals surface area contributed by atoms with Gasteiger partial charge in [-0.1, -0.05) is 89.0 Å². The van der Waals surface area contributed by atoms with Gasteiger partial charge in [-0.25, -0.2) is 0 Å². The van der Waals surface area contributed by atoms with Crippen molar-refractivity contribution < 1.29 is 4.74 Å². The number of hydrogen-bond acceptors (Lipinski definition) is 1. The summed E-state index contributed by atoms with van der Waals surface area (Å²) in [5.41, 5.74) is 1.43. The van der Waals surface area contributed by atoms with E-state index in [1.165, 1.54) is 82.0 Å². The summed E-state index contributed by atoms with van der Waals surface area (Å²) in [4.78, 5) is 0. The first-order chi connectivity index (χ1) is 11.4. The maximum absolute atomic E-state index is 6.04. The van der Waals surface area contributed by atoms with Crippen molar-refractivity contribution in [1.82, 2.24) is 0 Å². The molecule has 0 atom stereocenters. The molecule has 1 nitrogen and oxygen atoms in total. The maximum Gasteiger partial charge on any atom is 0.111 e. The van der Waals surface area contributed by atoms with E-state index in [9.17, 15) is 0 Å². The highest BCUT2D eigenvalue weighted by Gasteiger charge is 2.13. The van der Waals surface area contributed by atoms with E-state index in [1.54, 1.807) is 0 Å². The summed E-state index contributed by atoms with van der Waals surface area (Å²) in [6.07, 6.45) is 28.0. The van der Waals surface area contributed by atoms with Crippen LogP contribution >= 0.6 is 0 Å². The van der Waals surface area contributed by atoms with Gasteiger partial charge in [0.25, 0.3) is 0 Å². The molecule has 0 radical (unpaired) electrons. The first-order valence-electron chi connectivity index (χ1n) is 9.82. The summed E-state index contributed by atoms with van der Waals surface area (Å²) in [5.74, 6) is 2.29. The minimum Gasteiger partial charge on any atom is -0.465 e. The molecule has 0 unspecified atom stereocenters. The van der Waals surface area contributed by atoms with Gasteiger partial charge >= 0.3 is 0 Å². The standard InChI is InChI=1S/C22H34O/c1-2-3-4-5-6-7-8-9-10-11-15-20-16-14-19-22(20)23-21-17-12-13-18-21/h12-14,16-17H,2-11,15,18-19H2,1H3. The monoisotopic (exact) mass is 314 g/mol. The molecule has 1 heteroatoms. The summed E-state index contributed by atoms with van der Waals surface area (Å²) in [6.45, 7) is 2.28. The van der Waals surface area contributed by atoms with Crippen molar-refractivity contribution in [2.45, 2.75) is 90.4 Å². The largest absolute Gasteiger partial charge is 0.465 e. The normalized spacial score (nSPS) is 16.5. The van der Waals surface area contributed by atoms with Gasteiger partial charge in [-0.15, -0.1) is 0 Å². The van der Waals surface area contributed by atoms with E-state index >= 15 is 0 Å². The van der Waals surface area contributed by atoms with Crippen LogP contribution in [0, 0.1) is 0 Å². The fraction of sp³-hybridized carbons (Fsp3) is 0.636. The third-order valence-corrected chi connectivity index (χ3v) is 4.77. The van der Waals surface area contributed by atoms with Gasteiger partial charge in [0.15, 0.2) is 0 Å². The molecule has 2 aliphatic carbocycles. The Balaban J connectivity index is 1.50. The molecule has 0 aliphatic heterocycles. The van der Waals surface area contributed by atoms with Gasteiger partial charge < -0.3 is 4.74 Å². The topological polar surface area (TPSA) is 9.23 Å². The van der Waals surface area contributed by atoms with Crippen molar-refractivity contribution in [1.29, 1.82) is 0 Å². The Morgan fingerprint density at radius 1 is 0.826 bits per heavy atom. The average molecular weight is 315 g/mol. The fourth-order valence-corrected chi connectivity index (χ4v) is 3.33. The molecule has 0 saturated heterocycles. The Labute approximate surface area is 143 Å². The summed E-state index contributed by atoms with van der Waals surface area (Å²) >= 11 is 0. The summed E-state index contributed by atoms with van der Waals surface area (Å²) in [5, 5.41) is 0. The van der Waals surface area contributed by atoms with Gasteiger partial charge in [0, 0.05) is 12.8 Å². The molecule has 0 aromatic heterocycles. The number of ether oxygens (including phenoxy) is 1. The van der Waals surface area contributed by atoms with Gasteiger partial charge in [-0.2, -0.15) is 0 Å². The third-order valence-electron chi connectivity index (χ3n) is 4.77. The molecule has 0 N–H and O–H groups in total. The van der Waals surface area contributed by atoms with E-state index in [0.29, 0.717) is 0 Å². The second-order valence-electron chi connectivity index (χ2n) is 6.85. The van der Waals surface area contributed by atoms with Gasteiger partial charge in [0.1, 0.15) is 11.5 Å². The van der Waals surface area contributed by atoms with Crippen LogP contribution in [0.4, 0.5) is 0 Å². The Kier molecular flexibility index (Phi) is 8.91. The van der Waals surface area contributed by atoms with Gasteiger partial charge in [-0.05, 0) is 24.5 Å². The van der Waals surface area contributed by atoms with E-state index in [1.807, 2.05) is 0 Å². The van der Waals surface area contributed by atoms with E-state index in [2.05, 4.69) is 37.3 Å². The fourth-order valence-electron chi connectivity index (χ4n) is 3.33. The highest BCUT2D eigenvalue weighted by atomic mass is 16.5. The molecule has 0 saturated carbocycles. The summed E-state index contributed by atoms with van der Waals surface area (Å²) in [7, 11) is 0. The number of allylic oxidation sites excluding steroid dienone is 6. The lowest BCUT2D eigenvalue weighted by molar-refractivity contribution is 0.291. The Morgan fingerprint density at radius 3 is 2.17 bits per heavy atom. The average Bonchev–Trinajstić information content (AvgIpc) is 3.22. The molecular formula is C22H34O. The lowest BCUT2D eigenvalue weighted by atomic mass is 10.0. The molecule has 0 amide bonds. The molecule has 128 valence electrons. The van der Waals surface area contributed by atoms with Crippen LogP contribution in [-0.2, 0) is 4.74 Å². The molecule has 0 bridgehead atoms. The first kappa shape index (κ1) is 18.1. The molecule has 0 spiro atoms. The van der Waals surface area contributed by atoms with E-state index in [4.69, 9.17) is 4.74 Å². The predicted octanol–water partition coefficient (Wildman–Crippen LogP) is 7.37. The smallest absolute Gasteiger partial charge is 0.111 e. The third kappa shape index (κ3) is 7.24. The quantitative estimate of drug-likeness (QED) is 0.322.